The Balaban J connectivity index is 1.26. The largest absolute Gasteiger partial charge is 0.396 e. The van der Waals surface area contributed by atoms with Crippen LogP contribution in [-0.2, 0) is 10.0 Å². The third kappa shape index (κ3) is 4.85. The van der Waals surface area contributed by atoms with Gasteiger partial charge >= 0.3 is 0 Å². The summed E-state index contributed by atoms with van der Waals surface area (Å²) in [4.78, 5) is 7.05. The van der Waals surface area contributed by atoms with Gasteiger partial charge in [-0.3, -0.25) is 4.90 Å². The highest BCUT2D eigenvalue weighted by Gasteiger charge is 2.47. The summed E-state index contributed by atoms with van der Waals surface area (Å²) in [6.45, 7) is 4.02. The lowest BCUT2D eigenvalue weighted by Gasteiger charge is -2.51. The maximum Gasteiger partial charge on any atom is 0.244 e. The number of piperidine rings is 2. The van der Waals surface area contributed by atoms with Gasteiger partial charge in [0.1, 0.15) is 10.7 Å². The minimum absolute atomic E-state index is 0.131. The van der Waals surface area contributed by atoms with Crippen LogP contribution in [0.3, 0.4) is 0 Å². The topological polar surface area (TPSA) is 85.8 Å². The summed E-state index contributed by atoms with van der Waals surface area (Å²) in [5.41, 5.74) is -0.131. The Morgan fingerprint density at radius 1 is 1.09 bits per heavy atom. The van der Waals surface area contributed by atoms with Gasteiger partial charge in [-0.2, -0.15) is 4.31 Å². The summed E-state index contributed by atoms with van der Waals surface area (Å²) < 4.78 is 28.5. The zero-order valence-electron chi connectivity index (χ0n) is 20.1. The highest BCUT2D eigenvalue weighted by atomic mass is 35.5. The molecule has 2 N–H and O–H groups in total. The normalized spacial score (nSPS) is 33.2. The van der Waals surface area contributed by atoms with E-state index in [0.29, 0.717) is 48.4 Å². The van der Waals surface area contributed by atoms with Gasteiger partial charge in [0.15, 0.2) is 0 Å². The van der Waals surface area contributed by atoms with Crippen LogP contribution in [-0.4, -0.2) is 73.1 Å². The predicted molar refractivity (Wildman–Crippen MR) is 135 cm³/mol. The van der Waals surface area contributed by atoms with Crippen molar-refractivity contribution >= 4 is 27.4 Å². The fourth-order valence-electron chi connectivity index (χ4n) is 7.01. The number of sulfonamides is 1. The van der Waals surface area contributed by atoms with Crippen molar-refractivity contribution in [3.05, 3.63) is 17.3 Å². The van der Waals surface area contributed by atoms with E-state index in [2.05, 4.69) is 15.2 Å². The number of nitrogens with zero attached hydrogens (tertiary/aromatic N) is 3. The van der Waals surface area contributed by atoms with Crippen molar-refractivity contribution in [1.29, 1.82) is 0 Å². The molecule has 0 amide bonds. The Labute approximate surface area is 209 Å². The van der Waals surface area contributed by atoms with E-state index in [-0.39, 0.29) is 16.9 Å². The number of aromatic nitrogens is 1. The molecular weight excluding hydrogens is 472 g/mol. The minimum atomic E-state index is -3.64. The van der Waals surface area contributed by atoms with Crippen LogP contribution in [0.1, 0.15) is 64.2 Å². The molecule has 190 valence electrons. The van der Waals surface area contributed by atoms with Crippen molar-refractivity contribution in [2.24, 2.45) is 17.3 Å². The number of anilines is 1. The van der Waals surface area contributed by atoms with E-state index in [1.807, 2.05) is 0 Å². The highest BCUT2D eigenvalue weighted by molar-refractivity contribution is 7.89. The minimum Gasteiger partial charge on any atom is -0.396 e. The van der Waals surface area contributed by atoms with E-state index < -0.39 is 10.0 Å². The first-order valence-corrected chi connectivity index (χ1v) is 15.0. The van der Waals surface area contributed by atoms with E-state index in [9.17, 15) is 13.5 Å². The van der Waals surface area contributed by atoms with Crippen LogP contribution < -0.4 is 5.32 Å². The second-order valence-corrected chi connectivity index (χ2v) is 13.4. The zero-order chi connectivity index (χ0) is 23.8. The zero-order valence-corrected chi connectivity index (χ0v) is 21.7. The maximum absolute atomic E-state index is 13.4. The Kier molecular flexibility index (Phi) is 7.43. The molecule has 0 radical (unpaired) electrons. The Bertz CT molecular complexity index is 963. The molecule has 2 atom stereocenters. The number of hydrogen-bond acceptors (Lipinski definition) is 6. The fraction of sp³-hybridized carbons (Fsp3) is 0.800. The molecule has 7 nitrogen and oxygen atoms in total. The maximum atomic E-state index is 13.4. The lowest BCUT2D eigenvalue weighted by molar-refractivity contribution is -0.0306. The molecule has 9 heteroatoms. The molecule has 5 aliphatic rings. The summed E-state index contributed by atoms with van der Waals surface area (Å²) in [7, 11) is -3.64. The molecule has 5 fully saturated rings. The van der Waals surface area contributed by atoms with E-state index in [1.54, 1.807) is 4.31 Å². The van der Waals surface area contributed by atoms with E-state index in [1.165, 1.54) is 57.2 Å². The Morgan fingerprint density at radius 2 is 1.85 bits per heavy atom. The molecule has 3 aliphatic carbocycles. The molecule has 1 aromatic rings. The van der Waals surface area contributed by atoms with Crippen LogP contribution >= 0.6 is 11.6 Å². The van der Waals surface area contributed by atoms with E-state index >= 15 is 0 Å². The summed E-state index contributed by atoms with van der Waals surface area (Å²) in [5, 5.41) is 13.9. The number of nitrogens with one attached hydrogen (secondary N) is 1. The van der Waals surface area contributed by atoms with Crippen molar-refractivity contribution in [2.45, 2.75) is 75.1 Å². The molecule has 6 rings (SSSR count). The number of aliphatic hydroxyl groups excluding tert-OH is 1. The summed E-state index contributed by atoms with van der Waals surface area (Å²) >= 11 is 6.53. The second-order valence-electron chi connectivity index (χ2n) is 11.1. The van der Waals surface area contributed by atoms with Gasteiger partial charge in [-0.1, -0.05) is 30.9 Å². The Morgan fingerprint density at radius 3 is 2.50 bits per heavy atom. The molecule has 2 saturated heterocycles. The van der Waals surface area contributed by atoms with Crippen LogP contribution in [0.25, 0.3) is 0 Å². The first-order chi connectivity index (χ1) is 16.4. The SMILES string of the molecule is O=S(=O)(c1cnc(NCC2(CO)CC3CCC2CC3)c(Cl)c1)N1CCCC(N2CCCCC2)C1. The fourth-order valence-corrected chi connectivity index (χ4v) is 8.79. The van der Waals surface area contributed by atoms with Crippen molar-refractivity contribution in [2.75, 3.05) is 44.6 Å². The number of pyridine rings is 1. The molecule has 0 spiro atoms. The molecule has 3 saturated carbocycles. The van der Waals surface area contributed by atoms with Gasteiger partial charge in [0.25, 0.3) is 0 Å². The van der Waals surface area contributed by atoms with Crippen molar-refractivity contribution < 1.29 is 13.5 Å². The smallest absolute Gasteiger partial charge is 0.244 e. The number of hydrogen-bond donors (Lipinski definition) is 2. The lowest BCUT2D eigenvalue weighted by atomic mass is 9.56. The number of halogens is 1. The van der Waals surface area contributed by atoms with Crippen molar-refractivity contribution in [3.8, 4) is 0 Å². The molecule has 2 unspecified atom stereocenters. The third-order valence-electron chi connectivity index (χ3n) is 9.05. The van der Waals surface area contributed by atoms with Crippen LogP contribution in [0.15, 0.2) is 17.2 Å². The quantitative estimate of drug-likeness (QED) is 0.577. The molecular formula is C25H39ClN4O3S. The Hall–Kier alpha value is -0.930. The molecule has 2 bridgehead atoms. The summed E-state index contributed by atoms with van der Waals surface area (Å²) in [5.74, 6) is 1.73. The van der Waals surface area contributed by atoms with Gasteiger partial charge in [0.05, 0.1) is 11.6 Å². The van der Waals surface area contributed by atoms with Gasteiger partial charge in [-0.05, 0) is 75.9 Å². The van der Waals surface area contributed by atoms with Crippen LogP contribution in [0, 0.1) is 17.3 Å². The second kappa shape index (κ2) is 10.2. The van der Waals surface area contributed by atoms with Crippen LogP contribution in [0.4, 0.5) is 5.82 Å². The number of fused-ring (bicyclic) bond motifs is 3. The van der Waals surface area contributed by atoms with Crippen molar-refractivity contribution in [3.63, 3.8) is 0 Å². The molecule has 2 aliphatic heterocycles. The van der Waals surface area contributed by atoms with E-state index in [0.717, 1.165) is 32.4 Å². The third-order valence-corrected chi connectivity index (χ3v) is 11.2. The first-order valence-electron chi connectivity index (χ1n) is 13.2. The van der Waals surface area contributed by atoms with Gasteiger partial charge < -0.3 is 10.4 Å². The van der Waals surface area contributed by atoms with Gasteiger partial charge in [0.2, 0.25) is 10.0 Å². The average molecular weight is 511 g/mol. The monoisotopic (exact) mass is 510 g/mol. The van der Waals surface area contributed by atoms with Gasteiger partial charge in [-0.15, -0.1) is 0 Å². The highest BCUT2D eigenvalue weighted by Crippen LogP contribution is 2.52. The molecule has 3 heterocycles. The standard InChI is InChI=1S/C25H39ClN4O3S/c26-23-13-22(34(32,33)30-12-4-5-21(16-30)29-10-2-1-3-11-29)15-27-24(23)28-17-25(18-31)14-19-6-8-20(25)9-7-19/h13,15,19-21,31H,1-12,14,16-18H2,(H,27,28). The van der Waals surface area contributed by atoms with Gasteiger partial charge in [-0.25, -0.2) is 13.4 Å². The van der Waals surface area contributed by atoms with Crippen molar-refractivity contribution in [1.82, 2.24) is 14.2 Å². The number of aliphatic hydroxyl groups is 1. The number of rotatable bonds is 7. The molecule has 0 aromatic carbocycles. The average Bonchev–Trinajstić information content (AvgIpc) is 2.89. The summed E-state index contributed by atoms with van der Waals surface area (Å²) in [6.07, 6.45) is 13.0. The number of likely N-dealkylation sites (tertiary alicyclic amines) is 1. The van der Waals surface area contributed by atoms with Crippen LogP contribution in [0.5, 0.6) is 0 Å². The first kappa shape index (κ1) is 24.8. The molecule has 34 heavy (non-hydrogen) atoms. The van der Waals surface area contributed by atoms with E-state index in [4.69, 9.17) is 11.6 Å². The lowest BCUT2D eigenvalue weighted by Crippen LogP contribution is -2.51. The molecule has 1 aromatic heterocycles. The predicted octanol–water partition coefficient (Wildman–Crippen LogP) is 3.97. The summed E-state index contributed by atoms with van der Waals surface area (Å²) in [6, 6.07) is 1.84. The van der Waals surface area contributed by atoms with Crippen LogP contribution in [0.2, 0.25) is 5.02 Å². The van der Waals surface area contributed by atoms with Gasteiger partial charge in [0, 0.05) is 37.3 Å².